The van der Waals surface area contributed by atoms with Crippen molar-refractivity contribution in [2.24, 2.45) is 0 Å². The molecule has 0 saturated carbocycles. The highest BCUT2D eigenvalue weighted by molar-refractivity contribution is 6.31. The summed E-state index contributed by atoms with van der Waals surface area (Å²) in [6.07, 6.45) is -2.60. The molecule has 2 rings (SSSR count). The van der Waals surface area contributed by atoms with Crippen molar-refractivity contribution in [3.05, 3.63) is 28.8 Å². The van der Waals surface area contributed by atoms with E-state index >= 15 is 0 Å². The van der Waals surface area contributed by atoms with Gasteiger partial charge in [-0.2, -0.15) is 13.2 Å². The minimum Gasteiger partial charge on any atom is -0.382 e. The number of anilines is 1. The van der Waals surface area contributed by atoms with Gasteiger partial charge in [0.05, 0.1) is 10.6 Å². The molecule has 18 heavy (non-hydrogen) atoms. The van der Waals surface area contributed by atoms with Crippen molar-refractivity contribution in [2.45, 2.75) is 25.1 Å². The summed E-state index contributed by atoms with van der Waals surface area (Å²) in [6, 6.07) is 4.16. The van der Waals surface area contributed by atoms with E-state index in [9.17, 15) is 13.2 Å². The van der Waals surface area contributed by atoms with Crippen LogP contribution in [-0.4, -0.2) is 19.1 Å². The van der Waals surface area contributed by atoms with E-state index in [-0.39, 0.29) is 11.1 Å². The lowest BCUT2D eigenvalue weighted by Crippen LogP contribution is -2.35. The number of halogens is 4. The van der Waals surface area contributed by atoms with E-state index in [0.29, 0.717) is 5.69 Å². The van der Waals surface area contributed by atoms with Crippen molar-refractivity contribution in [1.82, 2.24) is 5.32 Å². The third-order valence-electron chi connectivity index (χ3n) is 2.98. The van der Waals surface area contributed by atoms with Gasteiger partial charge in [0, 0.05) is 11.7 Å². The molecule has 0 unspecified atom stereocenters. The molecule has 0 aliphatic carbocycles. The highest BCUT2D eigenvalue weighted by Crippen LogP contribution is 2.36. The van der Waals surface area contributed by atoms with Gasteiger partial charge in [0.25, 0.3) is 0 Å². The van der Waals surface area contributed by atoms with Crippen molar-refractivity contribution in [3.63, 3.8) is 0 Å². The normalized spacial score (nSPS) is 17.8. The molecular formula is C12H14ClF3N2. The van der Waals surface area contributed by atoms with E-state index in [0.717, 1.165) is 32.0 Å². The molecule has 0 amide bonds. The van der Waals surface area contributed by atoms with Crippen LogP contribution in [0, 0.1) is 0 Å². The number of benzene rings is 1. The fourth-order valence-corrected chi connectivity index (χ4v) is 2.26. The molecule has 2 N–H and O–H groups in total. The van der Waals surface area contributed by atoms with E-state index < -0.39 is 11.7 Å². The number of hydrogen-bond donors (Lipinski definition) is 2. The van der Waals surface area contributed by atoms with Crippen LogP contribution in [0.25, 0.3) is 0 Å². The van der Waals surface area contributed by atoms with Crippen LogP contribution < -0.4 is 10.6 Å². The van der Waals surface area contributed by atoms with Crippen LogP contribution in [0.4, 0.5) is 18.9 Å². The third kappa shape index (κ3) is 3.29. The largest absolute Gasteiger partial charge is 0.417 e. The first-order valence-electron chi connectivity index (χ1n) is 5.81. The van der Waals surface area contributed by atoms with Crippen LogP contribution in [0.1, 0.15) is 18.4 Å². The zero-order valence-electron chi connectivity index (χ0n) is 9.65. The molecule has 1 aliphatic heterocycles. The van der Waals surface area contributed by atoms with Crippen molar-refractivity contribution >= 4 is 17.3 Å². The van der Waals surface area contributed by atoms with E-state index in [1.54, 1.807) is 6.07 Å². The standard InChI is InChI=1S/C12H14ClF3N2/c13-11-2-1-9(7-10(11)12(14,15)16)18-8-3-5-17-6-4-8/h1-2,7-8,17-18H,3-6H2. The summed E-state index contributed by atoms with van der Waals surface area (Å²) < 4.78 is 38.1. The summed E-state index contributed by atoms with van der Waals surface area (Å²) >= 11 is 5.57. The SMILES string of the molecule is FC(F)(F)c1cc(NC2CCNCC2)ccc1Cl. The topological polar surface area (TPSA) is 24.1 Å². The van der Waals surface area contributed by atoms with Gasteiger partial charge in [-0.15, -0.1) is 0 Å². The lowest BCUT2D eigenvalue weighted by molar-refractivity contribution is -0.137. The average molecular weight is 279 g/mol. The van der Waals surface area contributed by atoms with E-state index in [4.69, 9.17) is 11.6 Å². The predicted octanol–water partition coefficient (Wildman–Crippen LogP) is 3.52. The Morgan fingerprint density at radius 2 is 1.89 bits per heavy atom. The monoisotopic (exact) mass is 278 g/mol. The van der Waals surface area contributed by atoms with Crippen LogP contribution in [0.5, 0.6) is 0 Å². The average Bonchev–Trinajstić information content (AvgIpc) is 2.31. The second-order valence-corrected chi connectivity index (χ2v) is 4.77. The summed E-state index contributed by atoms with van der Waals surface area (Å²) in [5, 5.41) is 6.06. The molecule has 1 heterocycles. The highest BCUT2D eigenvalue weighted by Gasteiger charge is 2.33. The Morgan fingerprint density at radius 1 is 1.22 bits per heavy atom. The molecule has 100 valence electrons. The fourth-order valence-electron chi connectivity index (χ4n) is 2.03. The smallest absolute Gasteiger partial charge is 0.382 e. The van der Waals surface area contributed by atoms with Crippen molar-refractivity contribution < 1.29 is 13.2 Å². The van der Waals surface area contributed by atoms with E-state index in [1.165, 1.54) is 6.07 Å². The van der Waals surface area contributed by atoms with Gasteiger partial charge in [0.1, 0.15) is 0 Å². The molecule has 0 bridgehead atoms. The second-order valence-electron chi connectivity index (χ2n) is 4.36. The van der Waals surface area contributed by atoms with Gasteiger partial charge in [0.2, 0.25) is 0 Å². The van der Waals surface area contributed by atoms with Gasteiger partial charge in [-0.05, 0) is 44.1 Å². The Bertz CT molecular complexity index is 414. The fraction of sp³-hybridized carbons (Fsp3) is 0.500. The summed E-state index contributed by atoms with van der Waals surface area (Å²) in [6.45, 7) is 1.77. The Morgan fingerprint density at radius 3 is 2.50 bits per heavy atom. The molecule has 0 aromatic heterocycles. The maximum absolute atomic E-state index is 12.7. The molecule has 2 nitrogen and oxygen atoms in total. The van der Waals surface area contributed by atoms with Crippen molar-refractivity contribution in [2.75, 3.05) is 18.4 Å². The highest BCUT2D eigenvalue weighted by atomic mass is 35.5. The van der Waals surface area contributed by atoms with Crippen LogP contribution in [0.15, 0.2) is 18.2 Å². The molecule has 0 radical (unpaired) electrons. The van der Waals surface area contributed by atoms with Crippen LogP contribution in [0.3, 0.4) is 0 Å². The molecular weight excluding hydrogens is 265 g/mol. The maximum Gasteiger partial charge on any atom is 0.417 e. The van der Waals surface area contributed by atoms with Gasteiger partial charge in [-0.25, -0.2) is 0 Å². The molecule has 1 fully saturated rings. The van der Waals surface area contributed by atoms with Crippen LogP contribution in [0.2, 0.25) is 5.02 Å². The molecule has 1 saturated heterocycles. The number of rotatable bonds is 2. The van der Waals surface area contributed by atoms with Gasteiger partial charge in [0.15, 0.2) is 0 Å². The quantitative estimate of drug-likeness (QED) is 0.865. The molecule has 0 atom stereocenters. The van der Waals surface area contributed by atoms with Crippen molar-refractivity contribution in [3.8, 4) is 0 Å². The first-order valence-corrected chi connectivity index (χ1v) is 6.18. The first kappa shape index (κ1) is 13.5. The van der Waals surface area contributed by atoms with Gasteiger partial charge >= 0.3 is 6.18 Å². The molecule has 1 aromatic carbocycles. The van der Waals surface area contributed by atoms with Crippen molar-refractivity contribution in [1.29, 1.82) is 0 Å². The first-order chi connectivity index (χ1) is 8.47. The minimum absolute atomic E-state index is 0.216. The van der Waals surface area contributed by atoms with E-state index in [1.807, 2.05) is 0 Å². The Kier molecular flexibility index (Phi) is 4.02. The zero-order chi connectivity index (χ0) is 13.2. The summed E-state index contributed by atoms with van der Waals surface area (Å²) in [5.74, 6) is 0. The molecule has 1 aliphatic rings. The van der Waals surface area contributed by atoms with Gasteiger partial charge in [-0.3, -0.25) is 0 Å². The lowest BCUT2D eigenvalue weighted by atomic mass is 10.1. The molecule has 1 aromatic rings. The van der Waals surface area contributed by atoms with Gasteiger partial charge < -0.3 is 10.6 Å². The Labute approximate surface area is 109 Å². The predicted molar refractivity (Wildman–Crippen MR) is 66.0 cm³/mol. The number of hydrogen-bond acceptors (Lipinski definition) is 2. The second kappa shape index (κ2) is 5.36. The summed E-state index contributed by atoms with van der Waals surface area (Å²) in [5.41, 5.74) is -0.318. The van der Waals surface area contributed by atoms with Crippen LogP contribution in [-0.2, 0) is 6.18 Å². The lowest BCUT2D eigenvalue weighted by Gasteiger charge is -2.25. The maximum atomic E-state index is 12.7. The molecule has 6 heteroatoms. The van der Waals surface area contributed by atoms with E-state index in [2.05, 4.69) is 10.6 Å². The van der Waals surface area contributed by atoms with Gasteiger partial charge in [-0.1, -0.05) is 11.6 Å². The summed E-state index contributed by atoms with van der Waals surface area (Å²) in [4.78, 5) is 0. The Balaban J connectivity index is 2.14. The number of piperidine rings is 1. The summed E-state index contributed by atoms with van der Waals surface area (Å²) in [7, 11) is 0. The molecule has 0 spiro atoms. The number of nitrogens with one attached hydrogen (secondary N) is 2. The number of alkyl halides is 3. The minimum atomic E-state index is -4.41. The van der Waals surface area contributed by atoms with Crippen LogP contribution >= 0.6 is 11.6 Å². The zero-order valence-corrected chi connectivity index (χ0v) is 10.4. The third-order valence-corrected chi connectivity index (χ3v) is 3.31. The Hall–Kier alpha value is -0.940.